The smallest absolute Gasteiger partial charge is 0.255 e. The number of amides is 3. The Morgan fingerprint density at radius 1 is 1.29 bits per heavy atom. The fourth-order valence-electron chi connectivity index (χ4n) is 4.38. The van der Waals surface area contributed by atoms with E-state index < -0.39 is 11.9 Å². The number of hydrogen-bond donors (Lipinski definition) is 3. The summed E-state index contributed by atoms with van der Waals surface area (Å²) < 4.78 is 0. The Morgan fingerprint density at radius 3 is 2.86 bits per heavy atom. The van der Waals surface area contributed by atoms with Gasteiger partial charge in [0.15, 0.2) is 0 Å². The maximum atomic E-state index is 12.9. The zero-order valence-corrected chi connectivity index (χ0v) is 16.0. The van der Waals surface area contributed by atoms with Crippen LogP contribution in [0.2, 0.25) is 0 Å². The summed E-state index contributed by atoms with van der Waals surface area (Å²) in [5, 5.41) is 15.5. The highest BCUT2D eigenvalue weighted by molar-refractivity contribution is 6.05. The fourth-order valence-corrected chi connectivity index (χ4v) is 4.38. The molecule has 1 aromatic carbocycles. The number of piperidine rings is 1. The molecule has 2 unspecified atom stereocenters. The molecule has 0 aromatic heterocycles. The molecule has 0 bridgehead atoms. The molecule has 3 N–H and O–H groups in total. The highest BCUT2D eigenvalue weighted by Gasteiger charge is 2.40. The summed E-state index contributed by atoms with van der Waals surface area (Å²) in [4.78, 5) is 40.5. The van der Waals surface area contributed by atoms with E-state index in [9.17, 15) is 19.5 Å². The molecule has 3 heterocycles. The number of benzene rings is 1. The van der Waals surface area contributed by atoms with E-state index in [1.54, 1.807) is 11.0 Å². The molecule has 150 valence electrons. The third-order valence-corrected chi connectivity index (χ3v) is 6.21. The van der Waals surface area contributed by atoms with E-state index in [2.05, 4.69) is 15.5 Å². The van der Waals surface area contributed by atoms with Crippen LogP contribution >= 0.6 is 0 Å². The van der Waals surface area contributed by atoms with Crippen molar-refractivity contribution in [1.82, 2.24) is 20.4 Å². The van der Waals surface area contributed by atoms with E-state index in [1.807, 2.05) is 19.1 Å². The number of aliphatic hydroxyl groups excluding tert-OH is 1. The van der Waals surface area contributed by atoms with Crippen molar-refractivity contribution in [3.63, 3.8) is 0 Å². The molecule has 8 heteroatoms. The topological polar surface area (TPSA) is 102 Å². The Morgan fingerprint density at radius 2 is 2.11 bits per heavy atom. The number of fused-ring (bicyclic) bond motifs is 1. The number of rotatable bonds is 4. The van der Waals surface area contributed by atoms with Gasteiger partial charge in [-0.2, -0.15) is 0 Å². The maximum Gasteiger partial charge on any atom is 0.255 e. The van der Waals surface area contributed by atoms with Crippen LogP contribution in [0, 0.1) is 0 Å². The van der Waals surface area contributed by atoms with E-state index in [4.69, 9.17) is 0 Å². The first-order chi connectivity index (χ1) is 13.4. The van der Waals surface area contributed by atoms with Crippen LogP contribution in [0.3, 0.4) is 0 Å². The van der Waals surface area contributed by atoms with Gasteiger partial charge in [0.25, 0.3) is 5.91 Å². The minimum Gasteiger partial charge on any atom is -0.394 e. The minimum absolute atomic E-state index is 0.0519. The number of imide groups is 1. The van der Waals surface area contributed by atoms with Crippen molar-refractivity contribution in [1.29, 1.82) is 0 Å². The zero-order chi connectivity index (χ0) is 19.9. The summed E-state index contributed by atoms with van der Waals surface area (Å²) in [5.74, 6) is -0.835. The van der Waals surface area contributed by atoms with Crippen LogP contribution in [-0.2, 0) is 22.7 Å². The standard InChI is InChI=1S/C20H26N4O4/c1-20(12-25)11-21-7-8-23(20)9-13-3-2-4-14-15(13)10-24(19(14)28)16-5-6-17(26)22-18(16)27/h2-4,16,21,25H,5-12H2,1H3,(H,22,26,27). The van der Waals surface area contributed by atoms with Gasteiger partial charge in [-0.05, 0) is 30.5 Å². The second kappa shape index (κ2) is 7.27. The Balaban J connectivity index is 1.58. The molecule has 0 spiro atoms. The Kier molecular flexibility index (Phi) is 4.95. The van der Waals surface area contributed by atoms with Gasteiger partial charge in [0.1, 0.15) is 6.04 Å². The SMILES string of the molecule is CC1(CO)CNCCN1Cc1cccc2c1CN(C1CCC(=O)NC1=O)C2=O. The first kappa shape index (κ1) is 19.0. The average Bonchev–Trinajstić information content (AvgIpc) is 3.01. The monoisotopic (exact) mass is 386 g/mol. The second-order valence-corrected chi connectivity index (χ2v) is 8.10. The number of hydrogen-bond acceptors (Lipinski definition) is 6. The molecule has 2 fully saturated rings. The number of piperazine rings is 1. The van der Waals surface area contributed by atoms with Crippen LogP contribution < -0.4 is 10.6 Å². The molecule has 0 saturated carbocycles. The lowest BCUT2D eigenvalue weighted by molar-refractivity contribution is -0.136. The summed E-state index contributed by atoms with van der Waals surface area (Å²) in [6.45, 7) is 5.47. The molecule has 3 amide bonds. The first-order valence-electron chi connectivity index (χ1n) is 9.75. The third-order valence-electron chi connectivity index (χ3n) is 6.21. The molecule has 3 aliphatic heterocycles. The highest BCUT2D eigenvalue weighted by Crippen LogP contribution is 2.31. The fraction of sp³-hybridized carbons (Fsp3) is 0.550. The quantitative estimate of drug-likeness (QED) is 0.609. The van der Waals surface area contributed by atoms with Crippen molar-refractivity contribution >= 4 is 17.7 Å². The minimum atomic E-state index is -0.604. The summed E-state index contributed by atoms with van der Waals surface area (Å²) in [5.41, 5.74) is 2.26. The number of carbonyl (C=O) groups is 3. The highest BCUT2D eigenvalue weighted by atomic mass is 16.3. The van der Waals surface area contributed by atoms with E-state index in [0.717, 1.165) is 24.2 Å². The molecule has 4 rings (SSSR count). The number of nitrogens with one attached hydrogen (secondary N) is 2. The van der Waals surface area contributed by atoms with Crippen LogP contribution in [-0.4, -0.2) is 70.4 Å². The van der Waals surface area contributed by atoms with Gasteiger partial charge in [-0.3, -0.25) is 24.6 Å². The first-order valence-corrected chi connectivity index (χ1v) is 9.75. The van der Waals surface area contributed by atoms with Crippen LogP contribution in [0.5, 0.6) is 0 Å². The number of nitrogens with zero attached hydrogens (tertiary/aromatic N) is 2. The summed E-state index contributed by atoms with van der Waals surface area (Å²) in [6, 6.07) is 5.08. The van der Waals surface area contributed by atoms with E-state index in [0.29, 0.717) is 31.6 Å². The molecule has 28 heavy (non-hydrogen) atoms. The third kappa shape index (κ3) is 3.21. The summed E-state index contributed by atoms with van der Waals surface area (Å²) in [7, 11) is 0. The van der Waals surface area contributed by atoms with Gasteiger partial charge in [0.2, 0.25) is 11.8 Å². The number of carbonyl (C=O) groups excluding carboxylic acids is 3. The van der Waals surface area contributed by atoms with E-state index in [-0.39, 0.29) is 30.4 Å². The lowest BCUT2D eigenvalue weighted by Gasteiger charge is -2.44. The van der Waals surface area contributed by atoms with Crippen molar-refractivity contribution in [2.75, 3.05) is 26.2 Å². The molecular formula is C20H26N4O4. The molecule has 0 radical (unpaired) electrons. The van der Waals surface area contributed by atoms with Gasteiger partial charge < -0.3 is 15.3 Å². The maximum absolute atomic E-state index is 12.9. The van der Waals surface area contributed by atoms with Crippen molar-refractivity contribution in [2.24, 2.45) is 0 Å². The van der Waals surface area contributed by atoms with Gasteiger partial charge in [-0.25, -0.2) is 0 Å². The zero-order valence-electron chi connectivity index (χ0n) is 16.0. The van der Waals surface area contributed by atoms with Crippen molar-refractivity contribution in [2.45, 2.75) is 44.4 Å². The van der Waals surface area contributed by atoms with Crippen LogP contribution in [0.4, 0.5) is 0 Å². The number of aliphatic hydroxyl groups is 1. The average molecular weight is 386 g/mol. The molecule has 3 aliphatic rings. The van der Waals surface area contributed by atoms with Gasteiger partial charge >= 0.3 is 0 Å². The van der Waals surface area contributed by atoms with E-state index in [1.165, 1.54) is 0 Å². The Labute approximate surface area is 163 Å². The van der Waals surface area contributed by atoms with Crippen LogP contribution in [0.15, 0.2) is 18.2 Å². The van der Waals surface area contributed by atoms with Gasteiger partial charge in [-0.15, -0.1) is 0 Å². The molecule has 0 aliphatic carbocycles. The lowest BCUT2D eigenvalue weighted by atomic mass is 9.95. The summed E-state index contributed by atoms with van der Waals surface area (Å²) in [6.07, 6.45) is 0.610. The lowest BCUT2D eigenvalue weighted by Crippen LogP contribution is -2.61. The molecular weight excluding hydrogens is 360 g/mol. The summed E-state index contributed by atoms with van der Waals surface area (Å²) >= 11 is 0. The Bertz CT molecular complexity index is 826. The van der Waals surface area contributed by atoms with Gasteiger partial charge in [0.05, 0.1) is 12.1 Å². The van der Waals surface area contributed by atoms with Crippen molar-refractivity contribution in [3.8, 4) is 0 Å². The van der Waals surface area contributed by atoms with E-state index >= 15 is 0 Å². The Hall–Kier alpha value is -2.29. The molecule has 2 atom stereocenters. The van der Waals surface area contributed by atoms with Gasteiger partial charge in [-0.1, -0.05) is 12.1 Å². The second-order valence-electron chi connectivity index (χ2n) is 8.10. The normalized spacial score (nSPS) is 28.4. The predicted octanol–water partition coefficient (Wildman–Crippen LogP) is -0.396. The van der Waals surface area contributed by atoms with Crippen molar-refractivity contribution < 1.29 is 19.5 Å². The predicted molar refractivity (Wildman–Crippen MR) is 101 cm³/mol. The van der Waals surface area contributed by atoms with Crippen LogP contribution in [0.1, 0.15) is 41.3 Å². The largest absolute Gasteiger partial charge is 0.394 e. The molecule has 1 aromatic rings. The van der Waals surface area contributed by atoms with Crippen molar-refractivity contribution in [3.05, 3.63) is 34.9 Å². The molecule has 8 nitrogen and oxygen atoms in total. The van der Waals surface area contributed by atoms with Gasteiger partial charge in [0, 0.05) is 44.7 Å². The van der Waals surface area contributed by atoms with Crippen LogP contribution in [0.25, 0.3) is 0 Å². The molecule has 2 saturated heterocycles.